The van der Waals surface area contributed by atoms with E-state index < -0.39 is 0 Å². The van der Waals surface area contributed by atoms with Gasteiger partial charge in [-0.2, -0.15) is 0 Å². The van der Waals surface area contributed by atoms with Gasteiger partial charge in [0.15, 0.2) is 0 Å². The summed E-state index contributed by atoms with van der Waals surface area (Å²) < 4.78 is 13.6. The molecule has 0 saturated carbocycles. The van der Waals surface area contributed by atoms with Crippen molar-refractivity contribution in [3.8, 4) is 0 Å². The normalized spacial score (nSPS) is 16.6. The molecule has 1 aromatic rings. The van der Waals surface area contributed by atoms with Gasteiger partial charge in [-0.25, -0.2) is 4.39 Å². The molecule has 18 heavy (non-hydrogen) atoms. The number of piperidine rings is 1. The lowest BCUT2D eigenvalue weighted by molar-refractivity contribution is -0.120. The largest absolute Gasteiger partial charge is 0.326 e. The van der Waals surface area contributed by atoms with Gasteiger partial charge in [0, 0.05) is 11.6 Å². The van der Waals surface area contributed by atoms with Gasteiger partial charge in [0.2, 0.25) is 5.91 Å². The first-order valence-electron chi connectivity index (χ1n) is 6.50. The maximum atomic E-state index is 13.6. The van der Waals surface area contributed by atoms with E-state index >= 15 is 0 Å². The molecule has 0 atom stereocenters. The summed E-state index contributed by atoms with van der Waals surface area (Å²) in [4.78, 5) is 12.0. The zero-order valence-corrected chi connectivity index (χ0v) is 10.6. The van der Waals surface area contributed by atoms with E-state index in [9.17, 15) is 9.18 Å². The van der Waals surface area contributed by atoms with Crippen molar-refractivity contribution in [1.29, 1.82) is 0 Å². The maximum Gasteiger partial charge on any atom is 0.227 e. The second-order valence-electron chi connectivity index (χ2n) is 4.67. The highest BCUT2D eigenvalue weighted by Crippen LogP contribution is 2.18. The third-order valence-electron chi connectivity index (χ3n) is 3.41. The number of aryl methyl sites for hydroxylation is 1. The average molecular weight is 250 g/mol. The van der Waals surface area contributed by atoms with Gasteiger partial charge in [0.25, 0.3) is 0 Å². The zero-order valence-electron chi connectivity index (χ0n) is 10.6. The molecule has 1 aliphatic heterocycles. The topological polar surface area (TPSA) is 41.1 Å². The van der Waals surface area contributed by atoms with Crippen LogP contribution in [0.25, 0.3) is 0 Å². The number of halogens is 1. The molecule has 0 radical (unpaired) electrons. The number of carbonyl (C=O) groups is 1. The Kier molecular flexibility index (Phi) is 4.31. The van der Waals surface area contributed by atoms with Crippen LogP contribution in [-0.2, 0) is 11.2 Å². The third kappa shape index (κ3) is 3.07. The Morgan fingerprint density at radius 3 is 2.78 bits per heavy atom. The van der Waals surface area contributed by atoms with Gasteiger partial charge in [-0.1, -0.05) is 13.0 Å². The van der Waals surface area contributed by atoms with Crippen molar-refractivity contribution in [1.82, 2.24) is 5.32 Å². The van der Waals surface area contributed by atoms with E-state index in [0.717, 1.165) is 25.9 Å². The Morgan fingerprint density at radius 2 is 2.17 bits per heavy atom. The lowest BCUT2D eigenvalue weighted by Crippen LogP contribution is -2.34. The second kappa shape index (κ2) is 5.96. The van der Waals surface area contributed by atoms with Crippen LogP contribution in [0.5, 0.6) is 0 Å². The molecule has 1 heterocycles. The average Bonchev–Trinajstić information content (AvgIpc) is 2.40. The molecule has 2 N–H and O–H groups in total. The highest BCUT2D eigenvalue weighted by molar-refractivity contribution is 5.92. The summed E-state index contributed by atoms with van der Waals surface area (Å²) in [5.74, 6) is -0.207. The first-order valence-corrected chi connectivity index (χ1v) is 6.50. The SMILES string of the molecule is CCc1ccc(NC(=O)C2CCNCC2)cc1F. The fraction of sp³-hybridized carbons (Fsp3) is 0.500. The van der Waals surface area contributed by atoms with Gasteiger partial charge in [-0.3, -0.25) is 4.79 Å². The molecule has 0 unspecified atom stereocenters. The number of hydrogen-bond donors (Lipinski definition) is 2. The highest BCUT2D eigenvalue weighted by atomic mass is 19.1. The van der Waals surface area contributed by atoms with Crippen LogP contribution >= 0.6 is 0 Å². The van der Waals surface area contributed by atoms with Crippen LogP contribution in [0.3, 0.4) is 0 Å². The maximum absolute atomic E-state index is 13.6. The Morgan fingerprint density at radius 1 is 1.44 bits per heavy atom. The van der Waals surface area contributed by atoms with Crippen molar-refractivity contribution in [3.63, 3.8) is 0 Å². The minimum atomic E-state index is -0.249. The van der Waals surface area contributed by atoms with Gasteiger partial charge < -0.3 is 10.6 Å². The predicted octanol–water partition coefficient (Wildman–Crippen LogP) is 2.33. The summed E-state index contributed by atoms with van der Waals surface area (Å²) >= 11 is 0. The second-order valence-corrected chi connectivity index (χ2v) is 4.67. The molecule has 1 saturated heterocycles. The van der Waals surface area contributed by atoms with Crippen LogP contribution in [0.1, 0.15) is 25.3 Å². The lowest BCUT2D eigenvalue weighted by Gasteiger charge is -2.21. The first-order chi connectivity index (χ1) is 8.70. The summed E-state index contributed by atoms with van der Waals surface area (Å²) in [7, 11) is 0. The van der Waals surface area contributed by atoms with Crippen molar-refractivity contribution in [2.45, 2.75) is 26.2 Å². The quantitative estimate of drug-likeness (QED) is 0.864. The van der Waals surface area contributed by atoms with E-state index in [0.29, 0.717) is 17.7 Å². The number of hydrogen-bond acceptors (Lipinski definition) is 2. The molecule has 4 heteroatoms. The zero-order chi connectivity index (χ0) is 13.0. The number of rotatable bonds is 3. The monoisotopic (exact) mass is 250 g/mol. The fourth-order valence-corrected chi connectivity index (χ4v) is 2.24. The predicted molar refractivity (Wildman–Crippen MR) is 70.0 cm³/mol. The molecular weight excluding hydrogens is 231 g/mol. The molecule has 0 bridgehead atoms. The molecule has 1 fully saturated rings. The summed E-state index contributed by atoms with van der Waals surface area (Å²) in [6.07, 6.45) is 2.36. The van der Waals surface area contributed by atoms with E-state index in [2.05, 4.69) is 10.6 Å². The smallest absolute Gasteiger partial charge is 0.227 e. The summed E-state index contributed by atoms with van der Waals surface area (Å²) in [6.45, 7) is 3.66. The molecule has 2 rings (SSSR count). The molecule has 3 nitrogen and oxygen atoms in total. The molecule has 1 amide bonds. The summed E-state index contributed by atoms with van der Waals surface area (Å²) in [5, 5.41) is 6.01. The Balaban J connectivity index is 2.00. The number of amides is 1. The van der Waals surface area contributed by atoms with Gasteiger partial charge >= 0.3 is 0 Å². The molecule has 1 aliphatic rings. The molecule has 0 aromatic heterocycles. The van der Waals surface area contributed by atoms with Crippen LogP contribution < -0.4 is 10.6 Å². The van der Waals surface area contributed by atoms with Crippen LogP contribution in [0.2, 0.25) is 0 Å². The molecular formula is C14H19FN2O. The number of benzene rings is 1. The van der Waals surface area contributed by atoms with E-state index in [4.69, 9.17) is 0 Å². The van der Waals surface area contributed by atoms with Gasteiger partial charge in [0.1, 0.15) is 5.82 Å². The molecule has 98 valence electrons. The van der Waals surface area contributed by atoms with Crippen molar-refractivity contribution in [2.75, 3.05) is 18.4 Å². The van der Waals surface area contributed by atoms with Gasteiger partial charge in [0.05, 0.1) is 0 Å². The number of carbonyl (C=O) groups excluding carboxylic acids is 1. The highest BCUT2D eigenvalue weighted by Gasteiger charge is 2.20. The minimum absolute atomic E-state index is 0.000137. The Hall–Kier alpha value is -1.42. The van der Waals surface area contributed by atoms with E-state index in [1.807, 2.05) is 6.92 Å². The van der Waals surface area contributed by atoms with Crippen molar-refractivity contribution < 1.29 is 9.18 Å². The van der Waals surface area contributed by atoms with Crippen LogP contribution in [0, 0.1) is 11.7 Å². The molecule has 0 spiro atoms. The van der Waals surface area contributed by atoms with E-state index in [1.165, 1.54) is 6.07 Å². The number of nitrogens with one attached hydrogen (secondary N) is 2. The van der Waals surface area contributed by atoms with Crippen LogP contribution in [-0.4, -0.2) is 19.0 Å². The standard InChI is InChI=1S/C14H19FN2O/c1-2-10-3-4-12(9-13(10)15)17-14(18)11-5-7-16-8-6-11/h3-4,9,11,16H,2,5-8H2,1H3,(H,17,18). The van der Waals surface area contributed by atoms with E-state index in [1.54, 1.807) is 12.1 Å². The third-order valence-corrected chi connectivity index (χ3v) is 3.41. The van der Waals surface area contributed by atoms with E-state index in [-0.39, 0.29) is 17.6 Å². The first kappa shape index (κ1) is 13.0. The van der Waals surface area contributed by atoms with Crippen LogP contribution in [0.15, 0.2) is 18.2 Å². The molecule has 1 aromatic carbocycles. The molecule has 0 aliphatic carbocycles. The van der Waals surface area contributed by atoms with Gasteiger partial charge in [-0.15, -0.1) is 0 Å². The van der Waals surface area contributed by atoms with Crippen LogP contribution in [0.4, 0.5) is 10.1 Å². The number of anilines is 1. The Labute approximate surface area is 107 Å². The summed E-state index contributed by atoms with van der Waals surface area (Å²) in [5.41, 5.74) is 1.23. The van der Waals surface area contributed by atoms with Crippen molar-refractivity contribution >= 4 is 11.6 Å². The Bertz CT molecular complexity index is 428. The summed E-state index contributed by atoms with van der Waals surface area (Å²) in [6, 6.07) is 4.89. The fourth-order valence-electron chi connectivity index (χ4n) is 2.24. The van der Waals surface area contributed by atoms with Gasteiger partial charge in [-0.05, 0) is 50.0 Å². The minimum Gasteiger partial charge on any atom is -0.326 e. The lowest BCUT2D eigenvalue weighted by atomic mass is 9.97. The van der Waals surface area contributed by atoms with Crippen molar-refractivity contribution in [2.24, 2.45) is 5.92 Å². The van der Waals surface area contributed by atoms with Crippen molar-refractivity contribution in [3.05, 3.63) is 29.6 Å².